The van der Waals surface area contributed by atoms with Crippen molar-refractivity contribution in [1.82, 2.24) is 4.90 Å². The number of nitrogens with zero attached hydrogens (tertiary/aromatic N) is 1. The zero-order valence-electron chi connectivity index (χ0n) is 12.9. The first-order valence-corrected chi connectivity index (χ1v) is 7.44. The third kappa shape index (κ3) is 2.88. The fourth-order valence-electron chi connectivity index (χ4n) is 2.83. The van der Waals surface area contributed by atoms with Crippen LogP contribution in [-0.4, -0.2) is 30.4 Å². The molecule has 110 valence electrons. The van der Waals surface area contributed by atoms with Crippen molar-refractivity contribution in [3.05, 3.63) is 35.9 Å². The quantitative estimate of drug-likeness (QED) is 0.920. The van der Waals surface area contributed by atoms with Gasteiger partial charge in [-0.25, -0.2) is 0 Å². The van der Waals surface area contributed by atoms with Crippen LogP contribution in [0.15, 0.2) is 30.3 Å². The predicted octanol–water partition coefficient (Wildman–Crippen LogP) is 2.55. The van der Waals surface area contributed by atoms with E-state index in [1.54, 1.807) is 0 Å². The molecule has 1 aromatic rings. The van der Waals surface area contributed by atoms with E-state index < -0.39 is 5.41 Å². The molecule has 3 heteroatoms. The lowest BCUT2D eigenvalue weighted by Gasteiger charge is -2.41. The van der Waals surface area contributed by atoms with Crippen LogP contribution in [0.3, 0.4) is 0 Å². The summed E-state index contributed by atoms with van der Waals surface area (Å²) in [6.07, 6.45) is 2.00. The minimum atomic E-state index is -0.461. The van der Waals surface area contributed by atoms with Crippen LogP contribution in [0.25, 0.3) is 0 Å². The Morgan fingerprint density at radius 1 is 1.25 bits per heavy atom. The molecule has 0 aliphatic carbocycles. The Balaban J connectivity index is 2.09. The molecule has 2 rings (SSSR count). The van der Waals surface area contributed by atoms with E-state index in [1.165, 1.54) is 0 Å². The van der Waals surface area contributed by atoms with Crippen molar-refractivity contribution in [2.24, 2.45) is 11.1 Å². The Kier molecular flexibility index (Phi) is 4.19. The van der Waals surface area contributed by atoms with Crippen molar-refractivity contribution >= 4 is 5.91 Å². The first-order valence-electron chi connectivity index (χ1n) is 7.44. The van der Waals surface area contributed by atoms with Crippen LogP contribution in [0.1, 0.15) is 39.2 Å². The van der Waals surface area contributed by atoms with Crippen LogP contribution in [0.2, 0.25) is 0 Å². The number of nitrogens with two attached hydrogens (primary N) is 1. The Bertz CT molecular complexity index is 459. The molecule has 0 radical (unpaired) electrons. The van der Waals surface area contributed by atoms with Gasteiger partial charge in [-0.2, -0.15) is 0 Å². The summed E-state index contributed by atoms with van der Waals surface area (Å²) in [4.78, 5) is 14.8. The summed E-state index contributed by atoms with van der Waals surface area (Å²) in [7, 11) is 0. The molecule has 3 nitrogen and oxygen atoms in total. The van der Waals surface area contributed by atoms with E-state index in [0.29, 0.717) is 6.54 Å². The smallest absolute Gasteiger partial charge is 0.232 e. The number of benzene rings is 1. The number of hydrogen-bond donors (Lipinski definition) is 1. The highest BCUT2D eigenvalue weighted by atomic mass is 16.2. The van der Waals surface area contributed by atoms with Crippen LogP contribution < -0.4 is 5.73 Å². The second kappa shape index (κ2) is 5.57. The molecule has 0 saturated carbocycles. The highest BCUT2D eigenvalue weighted by Gasteiger charge is 2.37. The molecule has 0 unspecified atom stereocenters. The summed E-state index contributed by atoms with van der Waals surface area (Å²) < 4.78 is 0. The maximum atomic E-state index is 12.8. The van der Waals surface area contributed by atoms with Gasteiger partial charge in [0.25, 0.3) is 0 Å². The Morgan fingerprint density at radius 2 is 1.80 bits per heavy atom. The average Bonchev–Trinajstić information content (AvgIpc) is 2.48. The van der Waals surface area contributed by atoms with Gasteiger partial charge in [0.2, 0.25) is 5.91 Å². The van der Waals surface area contributed by atoms with Gasteiger partial charge in [0.15, 0.2) is 0 Å². The number of likely N-dealkylation sites (tertiary alicyclic amines) is 1. The first-order chi connectivity index (χ1) is 9.39. The van der Waals surface area contributed by atoms with Gasteiger partial charge < -0.3 is 10.6 Å². The van der Waals surface area contributed by atoms with Gasteiger partial charge in [0, 0.05) is 13.1 Å². The zero-order chi connectivity index (χ0) is 14.8. The molecular weight excluding hydrogens is 248 g/mol. The second-order valence-electron chi connectivity index (χ2n) is 6.80. The third-order valence-corrected chi connectivity index (χ3v) is 4.78. The molecule has 1 heterocycles. The van der Waals surface area contributed by atoms with Crippen molar-refractivity contribution in [3.8, 4) is 0 Å². The lowest BCUT2D eigenvalue weighted by Crippen LogP contribution is -2.50. The molecule has 0 atom stereocenters. The maximum absolute atomic E-state index is 12.8. The molecule has 0 aromatic heterocycles. The summed E-state index contributed by atoms with van der Waals surface area (Å²) >= 11 is 0. The van der Waals surface area contributed by atoms with Gasteiger partial charge >= 0.3 is 0 Å². The lowest BCUT2D eigenvalue weighted by atomic mass is 9.78. The molecule has 0 spiro atoms. The Hall–Kier alpha value is -1.35. The number of hydrogen-bond acceptors (Lipinski definition) is 2. The second-order valence-corrected chi connectivity index (χ2v) is 6.80. The molecule has 1 amide bonds. The summed E-state index contributed by atoms with van der Waals surface area (Å²) in [5.41, 5.74) is 6.65. The van der Waals surface area contributed by atoms with Crippen molar-refractivity contribution in [3.63, 3.8) is 0 Å². The Labute approximate surface area is 122 Å². The highest BCUT2D eigenvalue weighted by Crippen LogP contribution is 2.32. The van der Waals surface area contributed by atoms with Crippen LogP contribution >= 0.6 is 0 Å². The standard InChI is InChI=1S/C17H26N2O/c1-16(2,14-7-5-4-6-8-14)15(20)19-11-9-17(3,13-18)10-12-19/h4-8H,9-13,18H2,1-3H3. The molecule has 1 fully saturated rings. The van der Waals surface area contributed by atoms with Gasteiger partial charge in [0.1, 0.15) is 0 Å². The molecule has 1 aromatic carbocycles. The summed E-state index contributed by atoms with van der Waals surface area (Å²) in [6, 6.07) is 10.0. The number of carbonyl (C=O) groups is 1. The van der Waals surface area contributed by atoms with Gasteiger partial charge in [0.05, 0.1) is 5.41 Å². The van der Waals surface area contributed by atoms with Crippen LogP contribution in [0.5, 0.6) is 0 Å². The lowest BCUT2D eigenvalue weighted by molar-refractivity contribution is -0.138. The fraction of sp³-hybridized carbons (Fsp3) is 0.588. The van der Waals surface area contributed by atoms with Crippen LogP contribution in [-0.2, 0) is 10.2 Å². The van der Waals surface area contributed by atoms with Crippen LogP contribution in [0.4, 0.5) is 0 Å². The third-order valence-electron chi connectivity index (χ3n) is 4.78. The Morgan fingerprint density at radius 3 is 2.30 bits per heavy atom. The minimum absolute atomic E-state index is 0.202. The van der Waals surface area contributed by atoms with E-state index in [1.807, 2.05) is 49.1 Å². The predicted molar refractivity (Wildman–Crippen MR) is 82.4 cm³/mol. The van der Waals surface area contributed by atoms with E-state index in [9.17, 15) is 4.79 Å². The summed E-state index contributed by atoms with van der Waals surface area (Å²) in [6.45, 7) is 8.60. The van der Waals surface area contributed by atoms with Gasteiger partial charge in [-0.3, -0.25) is 4.79 Å². The molecule has 20 heavy (non-hydrogen) atoms. The van der Waals surface area contributed by atoms with Crippen molar-refractivity contribution in [2.75, 3.05) is 19.6 Å². The van der Waals surface area contributed by atoms with E-state index in [4.69, 9.17) is 5.73 Å². The normalized spacial score (nSPS) is 18.9. The van der Waals surface area contributed by atoms with E-state index in [0.717, 1.165) is 31.5 Å². The topological polar surface area (TPSA) is 46.3 Å². The van der Waals surface area contributed by atoms with Crippen molar-refractivity contribution in [2.45, 2.75) is 39.0 Å². The number of amides is 1. The summed E-state index contributed by atoms with van der Waals surface area (Å²) in [5, 5.41) is 0. The SMILES string of the molecule is CC1(CN)CCN(C(=O)C(C)(C)c2ccccc2)CC1. The maximum Gasteiger partial charge on any atom is 0.232 e. The number of carbonyl (C=O) groups excluding carboxylic acids is 1. The van der Waals surface area contributed by atoms with Gasteiger partial charge in [-0.05, 0) is 44.2 Å². The minimum Gasteiger partial charge on any atom is -0.342 e. The largest absolute Gasteiger partial charge is 0.342 e. The first kappa shape index (κ1) is 15.0. The van der Waals surface area contributed by atoms with E-state index in [2.05, 4.69) is 6.92 Å². The number of piperidine rings is 1. The monoisotopic (exact) mass is 274 g/mol. The van der Waals surface area contributed by atoms with E-state index >= 15 is 0 Å². The average molecular weight is 274 g/mol. The fourth-order valence-corrected chi connectivity index (χ4v) is 2.83. The molecule has 1 aliphatic heterocycles. The van der Waals surface area contributed by atoms with Gasteiger partial charge in [-0.15, -0.1) is 0 Å². The van der Waals surface area contributed by atoms with E-state index in [-0.39, 0.29) is 11.3 Å². The van der Waals surface area contributed by atoms with Crippen molar-refractivity contribution < 1.29 is 4.79 Å². The zero-order valence-corrected chi connectivity index (χ0v) is 12.9. The van der Waals surface area contributed by atoms with Gasteiger partial charge in [-0.1, -0.05) is 37.3 Å². The van der Waals surface area contributed by atoms with Crippen LogP contribution in [0, 0.1) is 5.41 Å². The summed E-state index contributed by atoms with van der Waals surface area (Å²) in [5.74, 6) is 0.225. The highest BCUT2D eigenvalue weighted by molar-refractivity contribution is 5.87. The molecule has 0 bridgehead atoms. The molecular formula is C17H26N2O. The molecule has 1 saturated heterocycles. The number of rotatable bonds is 3. The molecule has 1 aliphatic rings. The molecule has 2 N–H and O–H groups in total. The van der Waals surface area contributed by atoms with Crippen molar-refractivity contribution in [1.29, 1.82) is 0 Å².